The zero-order valence-corrected chi connectivity index (χ0v) is 21.1. The molecule has 9 nitrogen and oxygen atoms in total. The summed E-state index contributed by atoms with van der Waals surface area (Å²) in [4.78, 5) is 0. The van der Waals surface area contributed by atoms with E-state index in [1.165, 1.54) is 5.57 Å². The first kappa shape index (κ1) is 26.0. The highest BCUT2D eigenvalue weighted by atomic mass is 16.7. The lowest BCUT2D eigenvalue weighted by molar-refractivity contribution is -0.321. The largest absolute Gasteiger partial charge is 0.394 e. The Balaban J connectivity index is 1.48. The molecule has 0 aromatic rings. The molecule has 9 heteroatoms. The maximum absolute atomic E-state index is 12.3. The number of hydrogen-bond donors (Lipinski definition) is 7. The summed E-state index contributed by atoms with van der Waals surface area (Å²) in [5.41, 5.74) is -1.28. The molecule has 0 aromatic carbocycles. The van der Waals surface area contributed by atoms with Crippen molar-refractivity contribution in [1.29, 1.82) is 0 Å². The molecule has 5 aliphatic rings. The fourth-order valence-electron chi connectivity index (χ4n) is 8.58. The van der Waals surface area contributed by atoms with Crippen molar-refractivity contribution in [2.75, 3.05) is 6.61 Å². The van der Waals surface area contributed by atoms with Crippen LogP contribution in [0, 0.1) is 22.7 Å². The molecule has 0 amide bonds. The van der Waals surface area contributed by atoms with Gasteiger partial charge in [0.2, 0.25) is 0 Å². The average Bonchev–Trinajstić information content (AvgIpc) is 3.08. The lowest BCUT2D eigenvalue weighted by atomic mass is 9.66. The number of aliphatic hydroxyl groups excluding tert-OH is 5. The van der Waals surface area contributed by atoms with Crippen LogP contribution in [0.2, 0.25) is 0 Å². The number of allylic oxidation sites excluding steroid dienone is 1. The number of hydrogen-bond acceptors (Lipinski definition) is 9. The van der Waals surface area contributed by atoms with Gasteiger partial charge < -0.3 is 45.2 Å². The van der Waals surface area contributed by atoms with Crippen molar-refractivity contribution in [2.24, 2.45) is 22.7 Å². The fourth-order valence-corrected chi connectivity index (χ4v) is 8.58. The second-order valence-electron chi connectivity index (χ2n) is 12.8. The molecule has 5 rings (SSSR count). The van der Waals surface area contributed by atoms with Gasteiger partial charge in [-0.3, -0.25) is 0 Å². The highest BCUT2D eigenvalue weighted by Crippen LogP contribution is 2.67. The van der Waals surface area contributed by atoms with Crippen LogP contribution in [0.4, 0.5) is 0 Å². The van der Waals surface area contributed by atoms with Crippen LogP contribution in [-0.2, 0) is 9.47 Å². The lowest BCUT2D eigenvalue weighted by Crippen LogP contribution is -2.61. The smallest absolute Gasteiger partial charge is 0.186 e. The van der Waals surface area contributed by atoms with E-state index in [2.05, 4.69) is 0 Å². The third-order valence-electron chi connectivity index (χ3n) is 10.7. The minimum atomic E-state index is -1.55. The topological polar surface area (TPSA) is 160 Å². The van der Waals surface area contributed by atoms with Crippen molar-refractivity contribution in [1.82, 2.24) is 0 Å². The Morgan fingerprint density at radius 1 is 1.00 bits per heavy atom. The highest BCUT2D eigenvalue weighted by Gasteiger charge is 2.69. The summed E-state index contributed by atoms with van der Waals surface area (Å²) in [6.07, 6.45) is -4.78. The molecule has 0 radical (unpaired) electrons. The molecule has 4 fully saturated rings. The van der Waals surface area contributed by atoms with Crippen molar-refractivity contribution in [3.63, 3.8) is 0 Å². The molecule has 200 valence electrons. The Hall–Kier alpha value is -0.620. The van der Waals surface area contributed by atoms with Crippen molar-refractivity contribution in [3.05, 3.63) is 11.1 Å². The van der Waals surface area contributed by atoms with E-state index in [9.17, 15) is 35.7 Å². The van der Waals surface area contributed by atoms with Gasteiger partial charge in [-0.15, -0.1) is 0 Å². The zero-order valence-electron chi connectivity index (χ0n) is 21.1. The monoisotopic (exact) mass is 498 g/mol. The molecule has 7 N–H and O–H groups in total. The maximum atomic E-state index is 12.3. The number of fused-ring (bicyclic) bond motifs is 2. The minimum Gasteiger partial charge on any atom is -0.394 e. The zero-order chi connectivity index (χ0) is 25.7. The molecule has 4 aliphatic carbocycles. The molecule has 1 saturated heterocycles. The van der Waals surface area contributed by atoms with Crippen molar-refractivity contribution in [2.45, 2.75) is 120 Å². The quantitative estimate of drug-likeness (QED) is 0.265. The van der Waals surface area contributed by atoms with Crippen LogP contribution in [0.1, 0.15) is 66.2 Å². The Kier molecular flexibility index (Phi) is 6.08. The number of aliphatic hydroxyl groups is 7. The van der Waals surface area contributed by atoms with E-state index >= 15 is 0 Å². The van der Waals surface area contributed by atoms with Gasteiger partial charge in [0.05, 0.1) is 24.4 Å². The van der Waals surface area contributed by atoms with Crippen molar-refractivity contribution < 1.29 is 45.2 Å². The minimum absolute atomic E-state index is 0.189. The maximum Gasteiger partial charge on any atom is 0.186 e. The highest BCUT2D eigenvalue weighted by molar-refractivity contribution is 5.37. The van der Waals surface area contributed by atoms with E-state index in [1.54, 1.807) is 0 Å². The van der Waals surface area contributed by atoms with Crippen LogP contribution in [0.25, 0.3) is 0 Å². The second-order valence-corrected chi connectivity index (χ2v) is 12.8. The Labute approximate surface area is 206 Å². The molecule has 1 spiro atoms. The SMILES string of the molecule is CC1=C2CC[C@H]3C[C@@]2(C[C@@H](O)[C@@]2(O)[C@H]1C[C@H](O[C@@H]1O[C@H](CO)[C@@H](O)[C@H](O)[C@H]1O)C2(C)C)C[C@@]3(C)O. The van der Waals surface area contributed by atoms with E-state index in [0.29, 0.717) is 19.3 Å². The molecule has 3 saturated carbocycles. The molecular formula is C26H42O9. The summed E-state index contributed by atoms with van der Waals surface area (Å²) in [6, 6.07) is 0. The third kappa shape index (κ3) is 3.47. The first-order valence-electron chi connectivity index (χ1n) is 13.0. The van der Waals surface area contributed by atoms with Gasteiger partial charge in [0.25, 0.3) is 0 Å². The van der Waals surface area contributed by atoms with Gasteiger partial charge >= 0.3 is 0 Å². The summed E-state index contributed by atoms with van der Waals surface area (Å²) >= 11 is 0. The molecule has 1 heterocycles. The van der Waals surface area contributed by atoms with Gasteiger partial charge in [-0.25, -0.2) is 0 Å². The summed E-state index contributed by atoms with van der Waals surface area (Å²) in [5.74, 6) is -0.201. The van der Waals surface area contributed by atoms with E-state index in [4.69, 9.17) is 9.47 Å². The number of rotatable bonds is 3. The standard InChI is InChI=1S/C26H42O9/c1-12-14-6-5-13-8-25(14,11-24(13,4)32)9-17(28)26(33)15(12)7-18(23(26,2)3)35-22-21(31)20(30)19(29)16(10-27)34-22/h13,15-22,27-33H,5-11H2,1-4H3/t13-,15-,16+,17+,18-,19+,20-,21+,22-,24+,25+,26-/m0/s1. The van der Waals surface area contributed by atoms with Gasteiger partial charge in [0, 0.05) is 11.3 Å². The fraction of sp³-hybridized carbons (Fsp3) is 0.923. The predicted octanol–water partition coefficient (Wildman–Crippen LogP) is -0.0290. The van der Waals surface area contributed by atoms with Crippen LogP contribution in [-0.4, -0.2) is 96.5 Å². The summed E-state index contributed by atoms with van der Waals surface area (Å²) in [7, 11) is 0. The van der Waals surface area contributed by atoms with Crippen LogP contribution in [0.15, 0.2) is 11.1 Å². The van der Waals surface area contributed by atoms with E-state index in [0.717, 1.165) is 24.8 Å². The van der Waals surface area contributed by atoms with Gasteiger partial charge in [0.15, 0.2) is 6.29 Å². The van der Waals surface area contributed by atoms with Crippen LogP contribution >= 0.6 is 0 Å². The lowest BCUT2D eigenvalue weighted by Gasteiger charge is -2.47. The molecule has 1 aliphatic heterocycles. The summed E-state index contributed by atoms with van der Waals surface area (Å²) in [5, 5.41) is 75.3. The molecule has 2 bridgehead atoms. The van der Waals surface area contributed by atoms with Gasteiger partial charge in [-0.2, -0.15) is 0 Å². The second kappa shape index (κ2) is 8.19. The first-order chi connectivity index (χ1) is 16.2. The van der Waals surface area contributed by atoms with E-state index < -0.39 is 66.1 Å². The van der Waals surface area contributed by atoms with Crippen molar-refractivity contribution >= 4 is 0 Å². The van der Waals surface area contributed by atoms with Gasteiger partial charge in [-0.05, 0) is 63.7 Å². The normalized spacial score (nSPS) is 55.5. The van der Waals surface area contributed by atoms with Crippen LogP contribution < -0.4 is 0 Å². The Morgan fingerprint density at radius 3 is 2.34 bits per heavy atom. The molecular weight excluding hydrogens is 456 g/mol. The van der Waals surface area contributed by atoms with Crippen LogP contribution in [0.3, 0.4) is 0 Å². The Bertz CT molecular complexity index is 884. The molecule has 0 unspecified atom stereocenters. The predicted molar refractivity (Wildman–Crippen MR) is 124 cm³/mol. The van der Waals surface area contributed by atoms with E-state index in [-0.39, 0.29) is 17.3 Å². The Morgan fingerprint density at radius 2 is 1.69 bits per heavy atom. The average molecular weight is 499 g/mol. The summed E-state index contributed by atoms with van der Waals surface area (Å²) in [6.45, 7) is 7.05. The molecule has 0 aromatic heterocycles. The van der Waals surface area contributed by atoms with Gasteiger partial charge in [-0.1, -0.05) is 25.0 Å². The van der Waals surface area contributed by atoms with E-state index in [1.807, 2.05) is 27.7 Å². The molecule has 35 heavy (non-hydrogen) atoms. The van der Waals surface area contributed by atoms with Crippen molar-refractivity contribution in [3.8, 4) is 0 Å². The third-order valence-corrected chi connectivity index (χ3v) is 10.7. The number of ether oxygens (including phenoxy) is 2. The summed E-state index contributed by atoms with van der Waals surface area (Å²) < 4.78 is 11.7. The first-order valence-corrected chi connectivity index (χ1v) is 13.0. The van der Waals surface area contributed by atoms with Gasteiger partial charge in [0.1, 0.15) is 30.0 Å². The molecule has 12 atom stereocenters. The van der Waals surface area contributed by atoms with Crippen LogP contribution in [0.5, 0.6) is 0 Å².